The van der Waals surface area contributed by atoms with Crippen LogP contribution in [0.15, 0.2) is 0 Å². The Bertz CT molecular complexity index is 460. The van der Waals surface area contributed by atoms with Crippen molar-refractivity contribution in [3.63, 3.8) is 0 Å². The van der Waals surface area contributed by atoms with Crippen molar-refractivity contribution in [3.8, 4) is 0 Å². The summed E-state index contributed by atoms with van der Waals surface area (Å²) in [6, 6.07) is 0.322. The lowest BCUT2D eigenvalue weighted by atomic mass is 10.1. The number of ether oxygens (including phenoxy) is 1. The second-order valence-corrected chi connectivity index (χ2v) is 5.72. The lowest BCUT2D eigenvalue weighted by Gasteiger charge is -2.28. The van der Waals surface area contributed by atoms with Crippen molar-refractivity contribution < 1.29 is 4.74 Å². The number of rotatable bonds is 3. The highest BCUT2D eigenvalue weighted by atomic mass is 35.5. The van der Waals surface area contributed by atoms with E-state index >= 15 is 0 Å². The van der Waals surface area contributed by atoms with Gasteiger partial charge in [0, 0.05) is 26.7 Å². The monoisotopic (exact) mass is 297 g/mol. The summed E-state index contributed by atoms with van der Waals surface area (Å²) in [7, 11) is 1.99. The molecule has 2 aliphatic rings. The van der Waals surface area contributed by atoms with E-state index in [1.807, 2.05) is 11.9 Å². The van der Waals surface area contributed by atoms with Crippen LogP contribution in [0.3, 0.4) is 0 Å². The molecule has 2 fully saturated rings. The Balaban J connectivity index is 1.81. The lowest BCUT2D eigenvalue weighted by molar-refractivity contribution is 0.193. The minimum atomic E-state index is 0.265. The average Bonchev–Trinajstić information content (AvgIpc) is 3.01. The van der Waals surface area contributed by atoms with Gasteiger partial charge in [-0.2, -0.15) is 15.0 Å². The maximum absolute atomic E-state index is 6.07. The van der Waals surface area contributed by atoms with E-state index in [9.17, 15) is 0 Å². The minimum Gasteiger partial charge on any atom is -0.379 e. The molecular formula is C13H20ClN5O. The molecule has 0 spiro atoms. The van der Waals surface area contributed by atoms with Crippen LogP contribution in [0.1, 0.15) is 25.7 Å². The first-order valence-electron chi connectivity index (χ1n) is 7.21. The molecule has 1 aromatic rings. The molecule has 1 unspecified atom stereocenters. The van der Waals surface area contributed by atoms with E-state index in [4.69, 9.17) is 16.3 Å². The van der Waals surface area contributed by atoms with Crippen molar-refractivity contribution in [2.45, 2.75) is 31.7 Å². The minimum absolute atomic E-state index is 0.265. The van der Waals surface area contributed by atoms with Crippen LogP contribution in [-0.4, -0.2) is 54.3 Å². The second kappa shape index (κ2) is 6.10. The van der Waals surface area contributed by atoms with Crippen molar-refractivity contribution in [1.29, 1.82) is 0 Å². The number of aromatic nitrogens is 3. The molecule has 0 saturated carbocycles. The topological polar surface area (TPSA) is 54.4 Å². The average molecular weight is 298 g/mol. The van der Waals surface area contributed by atoms with E-state index in [0.717, 1.165) is 32.7 Å². The molecule has 0 N–H and O–H groups in total. The molecule has 2 aliphatic heterocycles. The normalized spacial score (nSPS) is 23.1. The van der Waals surface area contributed by atoms with Crippen molar-refractivity contribution in [3.05, 3.63) is 5.28 Å². The van der Waals surface area contributed by atoms with Gasteiger partial charge in [0.05, 0.1) is 12.6 Å². The van der Waals surface area contributed by atoms with Gasteiger partial charge in [0.15, 0.2) is 0 Å². The van der Waals surface area contributed by atoms with Gasteiger partial charge in [-0.1, -0.05) is 0 Å². The van der Waals surface area contributed by atoms with Crippen LogP contribution in [0, 0.1) is 0 Å². The molecule has 6 nitrogen and oxygen atoms in total. The number of likely N-dealkylation sites (N-methyl/N-ethyl adjacent to an activating group) is 1. The summed E-state index contributed by atoms with van der Waals surface area (Å²) >= 11 is 6.07. The van der Waals surface area contributed by atoms with Gasteiger partial charge < -0.3 is 14.5 Å². The zero-order valence-corrected chi connectivity index (χ0v) is 12.5. The van der Waals surface area contributed by atoms with Gasteiger partial charge in [-0.25, -0.2) is 0 Å². The second-order valence-electron chi connectivity index (χ2n) is 5.38. The Hall–Kier alpha value is -1.14. The molecule has 1 atom stereocenters. The predicted octanol–water partition coefficient (Wildman–Crippen LogP) is 1.74. The van der Waals surface area contributed by atoms with Crippen molar-refractivity contribution >= 4 is 23.5 Å². The summed E-state index contributed by atoms with van der Waals surface area (Å²) in [5.74, 6) is 1.34. The maximum Gasteiger partial charge on any atom is 0.231 e. The van der Waals surface area contributed by atoms with Crippen LogP contribution in [0.25, 0.3) is 0 Å². The van der Waals surface area contributed by atoms with Crippen LogP contribution in [0.5, 0.6) is 0 Å². The molecule has 2 saturated heterocycles. The van der Waals surface area contributed by atoms with E-state index in [-0.39, 0.29) is 5.28 Å². The summed E-state index contributed by atoms with van der Waals surface area (Å²) in [6.45, 7) is 3.51. The van der Waals surface area contributed by atoms with Crippen LogP contribution < -0.4 is 9.80 Å². The highest BCUT2D eigenvalue weighted by Gasteiger charge is 2.24. The maximum atomic E-state index is 6.07. The number of anilines is 2. The van der Waals surface area contributed by atoms with Crippen LogP contribution >= 0.6 is 11.6 Å². The summed E-state index contributed by atoms with van der Waals surface area (Å²) in [4.78, 5) is 17.4. The van der Waals surface area contributed by atoms with Gasteiger partial charge in [-0.3, -0.25) is 0 Å². The molecule has 3 rings (SSSR count). The van der Waals surface area contributed by atoms with Crippen molar-refractivity contribution in [2.24, 2.45) is 0 Å². The number of halogens is 1. The quantitative estimate of drug-likeness (QED) is 0.847. The van der Waals surface area contributed by atoms with E-state index in [1.165, 1.54) is 19.3 Å². The van der Waals surface area contributed by atoms with Gasteiger partial charge >= 0.3 is 0 Å². The van der Waals surface area contributed by atoms with Crippen LogP contribution in [0.4, 0.5) is 11.9 Å². The third-order valence-electron chi connectivity index (χ3n) is 3.99. The first kappa shape index (κ1) is 13.8. The van der Waals surface area contributed by atoms with E-state index in [2.05, 4.69) is 19.9 Å². The molecule has 7 heteroatoms. The SMILES string of the molecule is CN(c1nc(Cl)nc(N2CCCCC2)n1)C1CCOC1. The van der Waals surface area contributed by atoms with Gasteiger partial charge in [-0.05, 0) is 37.3 Å². The first-order chi connectivity index (χ1) is 9.74. The first-order valence-corrected chi connectivity index (χ1v) is 7.59. The summed E-state index contributed by atoms with van der Waals surface area (Å²) in [6.07, 6.45) is 4.65. The molecule has 0 aliphatic carbocycles. The predicted molar refractivity (Wildman–Crippen MR) is 78.5 cm³/mol. The highest BCUT2D eigenvalue weighted by Crippen LogP contribution is 2.22. The standard InChI is InChI=1S/C13H20ClN5O/c1-18(10-5-8-20-9-10)12-15-11(14)16-13(17-12)19-6-3-2-4-7-19/h10H,2-9H2,1H3. The molecule has 0 amide bonds. The van der Waals surface area contributed by atoms with E-state index in [1.54, 1.807) is 0 Å². The van der Waals surface area contributed by atoms with E-state index < -0.39 is 0 Å². The van der Waals surface area contributed by atoms with E-state index in [0.29, 0.717) is 17.9 Å². The number of piperidine rings is 1. The van der Waals surface area contributed by atoms with Gasteiger partial charge in [-0.15, -0.1) is 0 Å². The smallest absolute Gasteiger partial charge is 0.231 e. The zero-order chi connectivity index (χ0) is 13.9. The van der Waals surface area contributed by atoms with Gasteiger partial charge in [0.1, 0.15) is 0 Å². The number of nitrogens with zero attached hydrogens (tertiary/aromatic N) is 5. The van der Waals surface area contributed by atoms with Crippen molar-refractivity contribution in [2.75, 3.05) is 43.2 Å². The Kier molecular flexibility index (Phi) is 4.21. The molecule has 20 heavy (non-hydrogen) atoms. The molecule has 0 radical (unpaired) electrons. The molecule has 1 aromatic heterocycles. The number of hydrogen-bond donors (Lipinski definition) is 0. The zero-order valence-electron chi connectivity index (χ0n) is 11.8. The van der Waals surface area contributed by atoms with Gasteiger partial charge in [0.25, 0.3) is 0 Å². The summed E-state index contributed by atoms with van der Waals surface area (Å²) in [5.41, 5.74) is 0. The Labute approximate surface area is 124 Å². The molecule has 0 aromatic carbocycles. The largest absolute Gasteiger partial charge is 0.379 e. The van der Waals surface area contributed by atoms with Gasteiger partial charge in [0.2, 0.25) is 17.2 Å². The molecular weight excluding hydrogens is 278 g/mol. The fourth-order valence-corrected chi connectivity index (χ4v) is 2.86. The lowest BCUT2D eigenvalue weighted by Crippen LogP contribution is -2.35. The third kappa shape index (κ3) is 2.96. The molecule has 0 bridgehead atoms. The third-order valence-corrected chi connectivity index (χ3v) is 4.16. The van der Waals surface area contributed by atoms with Crippen molar-refractivity contribution in [1.82, 2.24) is 15.0 Å². The van der Waals surface area contributed by atoms with Crippen LogP contribution in [-0.2, 0) is 4.74 Å². The fraction of sp³-hybridized carbons (Fsp3) is 0.769. The van der Waals surface area contributed by atoms with Crippen LogP contribution in [0.2, 0.25) is 5.28 Å². The summed E-state index contributed by atoms with van der Waals surface area (Å²) < 4.78 is 5.42. The Morgan fingerprint density at radius 2 is 2.00 bits per heavy atom. The Morgan fingerprint density at radius 1 is 1.20 bits per heavy atom. The fourth-order valence-electron chi connectivity index (χ4n) is 2.71. The molecule has 110 valence electrons. The summed E-state index contributed by atoms with van der Waals surface area (Å²) in [5, 5.41) is 0.265. The Morgan fingerprint density at radius 3 is 2.70 bits per heavy atom. The highest BCUT2D eigenvalue weighted by molar-refractivity contribution is 6.28. The number of hydrogen-bond acceptors (Lipinski definition) is 6. The molecule has 3 heterocycles.